The molecule has 0 spiro atoms. The van der Waals surface area contributed by atoms with Crippen LogP contribution in [0.2, 0.25) is 0 Å². The number of carbonyl (C=O) groups excluding carboxylic acids is 2. The fraction of sp³-hybridized carbons (Fsp3) is 0.312. The Kier molecular flexibility index (Phi) is 4.32. The van der Waals surface area contributed by atoms with Gasteiger partial charge in [-0.05, 0) is 0 Å². The molecule has 1 aromatic rings. The number of nitrogens with zero attached hydrogens (tertiary/aromatic N) is 1. The highest BCUT2D eigenvalue weighted by Crippen LogP contribution is 2.27. The van der Waals surface area contributed by atoms with Crippen molar-refractivity contribution in [2.24, 2.45) is 0 Å². The summed E-state index contributed by atoms with van der Waals surface area (Å²) in [6, 6.07) is 1.15. The predicted octanol–water partition coefficient (Wildman–Crippen LogP) is 0.155. The zero-order valence-corrected chi connectivity index (χ0v) is 12.7. The van der Waals surface area contributed by atoms with Crippen molar-refractivity contribution in [1.82, 2.24) is 4.90 Å². The van der Waals surface area contributed by atoms with Crippen molar-refractivity contribution in [3.8, 4) is 5.75 Å². The minimum absolute atomic E-state index is 0.259. The van der Waals surface area contributed by atoms with E-state index in [0.717, 1.165) is 18.2 Å². The molecule has 1 fully saturated rings. The average Bonchev–Trinajstić information content (AvgIpc) is 2.55. The number of hydrogen-bond acceptors (Lipinski definition) is 8. The summed E-state index contributed by atoms with van der Waals surface area (Å²) in [5, 5.41) is 19.2. The topological polar surface area (TPSA) is 117 Å². The summed E-state index contributed by atoms with van der Waals surface area (Å²) in [5.41, 5.74) is -0.976. The molecule has 24 heavy (non-hydrogen) atoms. The maximum atomic E-state index is 12.0. The summed E-state index contributed by atoms with van der Waals surface area (Å²) in [7, 11) is 0. The van der Waals surface area contributed by atoms with Gasteiger partial charge in [0.15, 0.2) is 17.3 Å². The van der Waals surface area contributed by atoms with E-state index in [1.54, 1.807) is 0 Å². The maximum absolute atomic E-state index is 12.0. The summed E-state index contributed by atoms with van der Waals surface area (Å²) in [4.78, 5) is 37.5. The SMILES string of the molecule is O=C1C=C(c2oc(CN3CCOCC3)cc(=O)c2O)C(=O)C=C1O. The van der Waals surface area contributed by atoms with E-state index in [1.807, 2.05) is 4.90 Å². The molecule has 8 nitrogen and oxygen atoms in total. The van der Waals surface area contributed by atoms with E-state index in [2.05, 4.69) is 0 Å². The van der Waals surface area contributed by atoms with Gasteiger partial charge in [-0.1, -0.05) is 0 Å². The van der Waals surface area contributed by atoms with Gasteiger partial charge in [0.1, 0.15) is 5.76 Å². The molecule has 1 aliphatic carbocycles. The normalized spacial score (nSPS) is 19.2. The molecule has 0 atom stereocenters. The monoisotopic (exact) mass is 333 g/mol. The zero-order valence-electron chi connectivity index (χ0n) is 12.7. The number of aliphatic hydroxyl groups excluding tert-OH is 1. The molecular weight excluding hydrogens is 318 g/mol. The third kappa shape index (κ3) is 3.15. The van der Waals surface area contributed by atoms with Crippen LogP contribution < -0.4 is 5.43 Å². The van der Waals surface area contributed by atoms with Gasteiger partial charge >= 0.3 is 0 Å². The van der Waals surface area contributed by atoms with Gasteiger partial charge < -0.3 is 19.4 Å². The second-order valence-electron chi connectivity index (χ2n) is 5.46. The van der Waals surface area contributed by atoms with Crippen LogP contribution in [-0.4, -0.2) is 53.0 Å². The van der Waals surface area contributed by atoms with Crippen molar-refractivity contribution in [3.05, 3.63) is 45.7 Å². The summed E-state index contributed by atoms with van der Waals surface area (Å²) in [6.45, 7) is 2.77. The minimum atomic E-state index is -0.801. The van der Waals surface area contributed by atoms with Crippen LogP contribution in [0.4, 0.5) is 0 Å². The first-order chi connectivity index (χ1) is 11.5. The lowest BCUT2D eigenvalue weighted by Gasteiger charge is -2.26. The molecular formula is C16H15NO7. The van der Waals surface area contributed by atoms with Crippen LogP contribution in [0.5, 0.6) is 5.75 Å². The van der Waals surface area contributed by atoms with Crippen molar-refractivity contribution >= 4 is 17.1 Å². The minimum Gasteiger partial charge on any atom is -0.504 e. The smallest absolute Gasteiger partial charge is 0.227 e. The molecule has 2 aliphatic rings. The second-order valence-corrected chi connectivity index (χ2v) is 5.46. The number of aliphatic hydroxyl groups is 1. The third-order valence-electron chi connectivity index (χ3n) is 3.76. The summed E-state index contributed by atoms with van der Waals surface area (Å²) in [5.74, 6) is -3.08. The van der Waals surface area contributed by atoms with Gasteiger partial charge in [-0.2, -0.15) is 0 Å². The van der Waals surface area contributed by atoms with Crippen LogP contribution in [0, 0.1) is 0 Å². The molecule has 2 N–H and O–H groups in total. The Morgan fingerprint density at radius 1 is 1.04 bits per heavy atom. The van der Waals surface area contributed by atoms with Crippen molar-refractivity contribution in [1.29, 1.82) is 0 Å². The van der Waals surface area contributed by atoms with Gasteiger partial charge in [0.05, 0.1) is 25.3 Å². The molecule has 0 unspecified atom stereocenters. The molecule has 126 valence electrons. The Labute approximate surface area is 136 Å². The number of morpholine rings is 1. The number of ketones is 2. The van der Waals surface area contributed by atoms with Gasteiger partial charge in [-0.25, -0.2) is 0 Å². The van der Waals surface area contributed by atoms with Gasteiger partial charge in [0, 0.05) is 31.3 Å². The summed E-state index contributed by atoms with van der Waals surface area (Å²) >= 11 is 0. The average molecular weight is 333 g/mol. The van der Waals surface area contributed by atoms with E-state index in [4.69, 9.17) is 9.15 Å². The molecule has 1 aromatic heterocycles. The van der Waals surface area contributed by atoms with Crippen LogP contribution in [0.25, 0.3) is 5.57 Å². The van der Waals surface area contributed by atoms with E-state index in [0.29, 0.717) is 32.8 Å². The Bertz CT molecular complexity index is 812. The van der Waals surface area contributed by atoms with Gasteiger partial charge in [-0.3, -0.25) is 19.3 Å². The first-order valence-electron chi connectivity index (χ1n) is 7.33. The first-order valence-corrected chi connectivity index (χ1v) is 7.33. The van der Waals surface area contributed by atoms with Crippen molar-refractivity contribution in [2.75, 3.05) is 26.3 Å². The number of allylic oxidation sites excluding steroid dienone is 3. The predicted molar refractivity (Wildman–Crippen MR) is 81.4 cm³/mol. The molecule has 3 rings (SSSR count). The van der Waals surface area contributed by atoms with E-state index < -0.39 is 28.5 Å². The summed E-state index contributed by atoms with van der Waals surface area (Å²) in [6.07, 6.45) is 1.57. The molecule has 1 aliphatic heterocycles. The Hall–Kier alpha value is -2.71. The highest BCUT2D eigenvalue weighted by Gasteiger charge is 2.27. The van der Waals surface area contributed by atoms with Crippen molar-refractivity contribution in [3.63, 3.8) is 0 Å². The van der Waals surface area contributed by atoms with Crippen LogP contribution in [0.1, 0.15) is 11.5 Å². The largest absolute Gasteiger partial charge is 0.504 e. The lowest BCUT2D eigenvalue weighted by atomic mass is 9.99. The van der Waals surface area contributed by atoms with Gasteiger partial charge in [-0.15, -0.1) is 0 Å². The van der Waals surface area contributed by atoms with E-state index in [1.165, 1.54) is 0 Å². The van der Waals surface area contributed by atoms with Crippen molar-refractivity contribution < 1.29 is 29.0 Å². The zero-order chi connectivity index (χ0) is 17.3. The molecule has 0 radical (unpaired) electrons. The quantitative estimate of drug-likeness (QED) is 0.751. The molecule has 2 heterocycles. The number of carbonyl (C=O) groups is 2. The third-order valence-corrected chi connectivity index (χ3v) is 3.76. The lowest BCUT2D eigenvalue weighted by molar-refractivity contribution is -0.116. The highest BCUT2D eigenvalue weighted by molar-refractivity contribution is 6.34. The molecule has 0 amide bonds. The lowest BCUT2D eigenvalue weighted by Crippen LogP contribution is -2.35. The maximum Gasteiger partial charge on any atom is 0.227 e. The second kappa shape index (κ2) is 6.42. The van der Waals surface area contributed by atoms with Gasteiger partial charge in [0.2, 0.25) is 17.0 Å². The first kappa shape index (κ1) is 16.2. The van der Waals surface area contributed by atoms with Crippen molar-refractivity contribution in [2.45, 2.75) is 6.54 Å². The van der Waals surface area contributed by atoms with Crippen LogP contribution in [0.15, 0.2) is 33.2 Å². The van der Waals surface area contributed by atoms with E-state index in [-0.39, 0.29) is 17.1 Å². The fourth-order valence-corrected chi connectivity index (χ4v) is 2.50. The fourth-order valence-electron chi connectivity index (χ4n) is 2.50. The van der Waals surface area contributed by atoms with Crippen LogP contribution >= 0.6 is 0 Å². The van der Waals surface area contributed by atoms with E-state index >= 15 is 0 Å². The van der Waals surface area contributed by atoms with Crippen LogP contribution in [0.3, 0.4) is 0 Å². The Balaban J connectivity index is 1.96. The van der Waals surface area contributed by atoms with Crippen LogP contribution in [-0.2, 0) is 20.9 Å². The molecule has 1 saturated heterocycles. The number of ether oxygens (including phenoxy) is 1. The number of aromatic hydroxyl groups is 1. The van der Waals surface area contributed by atoms with E-state index in [9.17, 15) is 24.6 Å². The highest BCUT2D eigenvalue weighted by atomic mass is 16.5. The molecule has 0 bridgehead atoms. The number of rotatable bonds is 3. The Morgan fingerprint density at radius 3 is 2.46 bits per heavy atom. The Morgan fingerprint density at radius 2 is 1.75 bits per heavy atom. The molecule has 0 saturated carbocycles. The van der Waals surface area contributed by atoms with Gasteiger partial charge in [0.25, 0.3) is 0 Å². The molecule has 0 aromatic carbocycles. The summed E-state index contributed by atoms with van der Waals surface area (Å²) < 4.78 is 10.7. The molecule has 8 heteroatoms. The number of hydrogen-bond donors (Lipinski definition) is 2. The standard InChI is InChI=1S/C16H15NO7/c18-11-7-13(20)12(19)6-10(11)16-15(22)14(21)5-9(24-16)8-17-1-3-23-4-2-17/h5-7,20,22H,1-4,8H2.